The number of aliphatic hydroxyl groups is 1. The van der Waals surface area contributed by atoms with Crippen molar-refractivity contribution in [2.24, 2.45) is 0 Å². The molecule has 14 heavy (non-hydrogen) atoms. The smallest absolute Gasteiger partial charge is 0.148 e. The van der Waals surface area contributed by atoms with Crippen molar-refractivity contribution in [1.82, 2.24) is 10.2 Å². The number of aliphatic hydroxyl groups excluding tert-OH is 1. The Morgan fingerprint density at radius 3 is 2.64 bits per heavy atom. The van der Waals surface area contributed by atoms with E-state index in [0.29, 0.717) is 24.8 Å². The lowest BCUT2D eigenvalue weighted by Gasteiger charge is -2.15. The summed E-state index contributed by atoms with van der Waals surface area (Å²) >= 11 is 0. The fourth-order valence-electron chi connectivity index (χ4n) is 1.33. The SMILES string of the molecule is CC.CN(CO)CCC1CC(=O)CN1. The highest BCUT2D eigenvalue weighted by atomic mass is 16.3. The van der Waals surface area contributed by atoms with Crippen molar-refractivity contribution in [2.45, 2.75) is 32.7 Å². The minimum Gasteiger partial charge on any atom is -0.381 e. The second kappa shape index (κ2) is 7.91. The minimum atomic E-state index is 0.0840. The lowest BCUT2D eigenvalue weighted by Crippen LogP contribution is -2.28. The molecule has 1 aliphatic rings. The summed E-state index contributed by atoms with van der Waals surface area (Å²) in [6, 6.07) is 0.325. The van der Waals surface area contributed by atoms with E-state index in [1.54, 1.807) is 0 Å². The summed E-state index contributed by atoms with van der Waals surface area (Å²) in [7, 11) is 1.86. The largest absolute Gasteiger partial charge is 0.381 e. The standard InChI is InChI=1S/C8H16N2O2.C2H6/c1-10(6-11)3-2-7-4-8(12)5-9-7;1-2/h7,9,11H,2-6H2,1H3;1-2H3. The van der Waals surface area contributed by atoms with E-state index in [9.17, 15) is 4.79 Å². The Bertz CT molecular complexity index is 162. The van der Waals surface area contributed by atoms with Crippen LogP contribution in [0.25, 0.3) is 0 Å². The van der Waals surface area contributed by atoms with Crippen LogP contribution in [0.1, 0.15) is 26.7 Å². The number of nitrogens with one attached hydrogen (secondary N) is 1. The average Bonchev–Trinajstić information content (AvgIpc) is 2.64. The van der Waals surface area contributed by atoms with Gasteiger partial charge in [0.15, 0.2) is 0 Å². The maximum atomic E-state index is 10.8. The van der Waals surface area contributed by atoms with E-state index >= 15 is 0 Å². The molecule has 0 bridgehead atoms. The molecule has 0 saturated carbocycles. The Hall–Kier alpha value is -0.450. The van der Waals surface area contributed by atoms with Gasteiger partial charge in [0, 0.05) is 19.0 Å². The van der Waals surface area contributed by atoms with Gasteiger partial charge in [-0.05, 0) is 13.5 Å². The number of hydrogen-bond donors (Lipinski definition) is 2. The molecular weight excluding hydrogens is 180 g/mol. The average molecular weight is 202 g/mol. The Kier molecular flexibility index (Phi) is 7.65. The summed E-state index contributed by atoms with van der Waals surface area (Å²) < 4.78 is 0. The topological polar surface area (TPSA) is 52.6 Å². The van der Waals surface area contributed by atoms with Crippen LogP contribution in [0, 0.1) is 0 Å². The van der Waals surface area contributed by atoms with Crippen LogP contribution in [0.4, 0.5) is 0 Å². The van der Waals surface area contributed by atoms with Crippen molar-refractivity contribution in [1.29, 1.82) is 0 Å². The van der Waals surface area contributed by atoms with Crippen molar-refractivity contribution in [2.75, 3.05) is 26.9 Å². The third kappa shape index (κ3) is 5.32. The van der Waals surface area contributed by atoms with Crippen LogP contribution in [0.3, 0.4) is 0 Å². The second-order valence-corrected chi connectivity index (χ2v) is 3.33. The molecule has 4 nitrogen and oxygen atoms in total. The molecule has 0 spiro atoms. The maximum Gasteiger partial charge on any atom is 0.148 e. The number of nitrogens with zero attached hydrogens (tertiary/aromatic N) is 1. The van der Waals surface area contributed by atoms with Crippen LogP contribution < -0.4 is 5.32 Å². The molecule has 1 saturated heterocycles. The Morgan fingerprint density at radius 2 is 2.21 bits per heavy atom. The highest BCUT2D eigenvalue weighted by Gasteiger charge is 2.20. The molecular formula is C10H22N2O2. The predicted molar refractivity (Wildman–Crippen MR) is 57.1 cm³/mol. The fourth-order valence-corrected chi connectivity index (χ4v) is 1.33. The van der Waals surface area contributed by atoms with Crippen molar-refractivity contribution in [3.63, 3.8) is 0 Å². The molecule has 1 rings (SSSR count). The van der Waals surface area contributed by atoms with Crippen LogP contribution in [0.5, 0.6) is 0 Å². The first-order chi connectivity index (χ1) is 6.72. The summed E-state index contributed by atoms with van der Waals surface area (Å²) in [6.07, 6.45) is 1.59. The number of ketones is 1. The highest BCUT2D eigenvalue weighted by Crippen LogP contribution is 2.05. The molecule has 1 heterocycles. The van der Waals surface area contributed by atoms with Gasteiger partial charge in [0.25, 0.3) is 0 Å². The number of carbonyl (C=O) groups excluding carboxylic acids is 1. The summed E-state index contributed by atoms with van der Waals surface area (Å²) in [6.45, 7) is 5.44. The summed E-state index contributed by atoms with van der Waals surface area (Å²) in [5, 5.41) is 11.8. The van der Waals surface area contributed by atoms with Gasteiger partial charge in [0.1, 0.15) is 5.78 Å². The van der Waals surface area contributed by atoms with Gasteiger partial charge in [-0.3, -0.25) is 9.69 Å². The lowest BCUT2D eigenvalue weighted by molar-refractivity contribution is -0.116. The molecule has 1 unspecified atom stereocenters. The first kappa shape index (κ1) is 13.5. The van der Waals surface area contributed by atoms with Crippen LogP contribution in [-0.2, 0) is 4.79 Å². The molecule has 84 valence electrons. The Labute approximate surface area is 86.3 Å². The van der Waals surface area contributed by atoms with Crippen LogP contribution >= 0.6 is 0 Å². The number of carbonyl (C=O) groups is 1. The van der Waals surface area contributed by atoms with Crippen LogP contribution in [0.2, 0.25) is 0 Å². The van der Waals surface area contributed by atoms with Gasteiger partial charge in [0.05, 0.1) is 13.3 Å². The zero-order valence-electron chi connectivity index (χ0n) is 9.42. The molecule has 1 atom stereocenters. The first-order valence-corrected chi connectivity index (χ1v) is 5.27. The molecule has 4 heteroatoms. The van der Waals surface area contributed by atoms with Crippen molar-refractivity contribution >= 4 is 5.78 Å². The normalized spacial score (nSPS) is 20.9. The number of Topliss-reactive ketones (excluding diaryl/α,β-unsaturated/α-hetero) is 1. The lowest BCUT2D eigenvalue weighted by atomic mass is 10.1. The quantitative estimate of drug-likeness (QED) is 0.640. The van der Waals surface area contributed by atoms with E-state index < -0.39 is 0 Å². The summed E-state index contributed by atoms with van der Waals surface area (Å²) in [4.78, 5) is 12.7. The van der Waals surface area contributed by atoms with Gasteiger partial charge in [-0.15, -0.1) is 0 Å². The van der Waals surface area contributed by atoms with Crippen molar-refractivity contribution in [3.05, 3.63) is 0 Å². The maximum absolute atomic E-state index is 10.8. The highest BCUT2D eigenvalue weighted by molar-refractivity contribution is 5.83. The predicted octanol–water partition coefficient (Wildman–Crippen LogP) is 0.215. The van der Waals surface area contributed by atoms with Gasteiger partial charge < -0.3 is 10.4 Å². The Morgan fingerprint density at radius 1 is 1.57 bits per heavy atom. The molecule has 0 radical (unpaired) electrons. The second-order valence-electron chi connectivity index (χ2n) is 3.33. The van der Waals surface area contributed by atoms with E-state index in [0.717, 1.165) is 13.0 Å². The molecule has 2 N–H and O–H groups in total. The van der Waals surface area contributed by atoms with Gasteiger partial charge in [-0.1, -0.05) is 13.8 Å². The molecule has 0 aromatic rings. The van der Waals surface area contributed by atoms with E-state index in [-0.39, 0.29) is 6.73 Å². The van der Waals surface area contributed by atoms with E-state index in [1.807, 2.05) is 25.8 Å². The molecule has 0 aliphatic carbocycles. The molecule has 0 aromatic carbocycles. The zero-order chi connectivity index (χ0) is 11.0. The van der Waals surface area contributed by atoms with Gasteiger partial charge in [-0.2, -0.15) is 0 Å². The minimum absolute atomic E-state index is 0.0840. The molecule has 1 aliphatic heterocycles. The monoisotopic (exact) mass is 202 g/mol. The van der Waals surface area contributed by atoms with Gasteiger partial charge in [0.2, 0.25) is 0 Å². The third-order valence-corrected chi connectivity index (χ3v) is 2.16. The third-order valence-electron chi connectivity index (χ3n) is 2.16. The number of hydrogen-bond acceptors (Lipinski definition) is 4. The molecule has 1 fully saturated rings. The molecule has 0 aromatic heterocycles. The zero-order valence-corrected chi connectivity index (χ0v) is 9.42. The Balaban J connectivity index is 0.000000791. The van der Waals surface area contributed by atoms with Crippen molar-refractivity contribution < 1.29 is 9.90 Å². The first-order valence-electron chi connectivity index (χ1n) is 5.27. The van der Waals surface area contributed by atoms with E-state index in [1.165, 1.54) is 0 Å². The fraction of sp³-hybridized carbons (Fsp3) is 0.900. The van der Waals surface area contributed by atoms with Crippen molar-refractivity contribution in [3.8, 4) is 0 Å². The van der Waals surface area contributed by atoms with E-state index in [2.05, 4.69) is 5.32 Å². The van der Waals surface area contributed by atoms with Gasteiger partial charge >= 0.3 is 0 Å². The number of rotatable bonds is 4. The molecule has 0 amide bonds. The summed E-state index contributed by atoms with van der Waals surface area (Å²) in [5.41, 5.74) is 0. The van der Waals surface area contributed by atoms with Gasteiger partial charge in [-0.25, -0.2) is 0 Å². The van der Waals surface area contributed by atoms with E-state index in [4.69, 9.17) is 5.11 Å². The van der Waals surface area contributed by atoms with Crippen LogP contribution in [0.15, 0.2) is 0 Å². The summed E-state index contributed by atoms with van der Waals surface area (Å²) in [5.74, 6) is 0.298. The van der Waals surface area contributed by atoms with Crippen LogP contribution in [-0.4, -0.2) is 48.7 Å².